The van der Waals surface area contributed by atoms with E-state index in [1.165, 1.54) is 22.3 Å². The van der Waals surface area contributed by atoms with Crippen molar-refractivity contribution >= 4 is 46.2 Å². The van der Waals surface area contributed by atoms with Crippen LogP contribution in [0.5, 0.6) is 0 Å². The molecule has 0 aliphatic rings. The van der Waals surface area contributed by atoms with Gasteiger partial charge in [0.1, 0.15) is 5.58 Å². The molecule has 293 valence electrons. The van der Waals surface area contributed by atoms with E-state index in [1.807, 2.05) is 87.6 Å². The number of aromatic nitrogens is 3. The van der Waals surface area contributed by atoms with E-state index in [9.17, 15) is 0 Å². The van der Waals surface area contributed by atoms with Crippen LogP contribution in [0.4, 0.5) is 0 Å². The molecule has 0 unspecified atom stereocenters. The van der Waals surface area contributed by atoms with Crippen LogP contribution in [0.25, 0.3) is 72.4 Å². The predicted molar refractivity (Wildman–Crippen MR) is 242 cm³/mol. The van der Waals surface area contributed by atoms with E-state index in [4.69, 9.17) is 12.1 Å². The second-order valence-electron chi connectivity index (χ2n) is 16.8. The van der Waals surface area contributed by atoms with Gasteiger partial charge in [-0.15, -0.1) is 54.1 Å². The van der Waals surface area contributed by atoms with Gasteiger partial charge in [0.25, 0.3) is 0 Å². The molecule has 58 heavy (non-hydrogen) atoms. The number of aryl methyl sites for hydroxylation is 2. The van der Waals surface area contributed by atoms with E-state index in [1.54, 1.807) is 0 Å². The minimum Gasteiger partial charge on any atom is -0.501 e. The number of furan rings is 1. The molecular weight excluding hydrogens is 903 g/mol. The van der Waals surface area contributed by atoms with Crippen LogP contribution in [0.15, 0.2) is 144 Å². The maximum Gasteiger partial charge on any atom is 0.120 e. The van der Waals surface area contributed by atoms with Crippen molar-refractivity contribution < 1.29 is 27.3 Å². The van der Waals surface area contributed by atoms with Crippen molar-refractivity contribution in [2.45, 2.75) is 60.6 Å². The van der Waals surface area contributed by atoms with Gasteiger partial charge < -0.3 is 14.0 Å². The summed E-state index contributed by atoms with van der Waals surface area (Å²) < 4.78 is 26.1. The average Bonchev–Trinajstić information content (AvgIpc) is 3.79. The molecule has 0 aliphatic heterocycles. The Morgan fingerprint density at radius 3 is 2.14 bits per heavy atom. The van der Waals surface area contributed by atoms with Crippen molar-refractivity contribution in [2.24, 2.45) is 5.41 Å². The van der Waals surface area contributed by atoms with Crippen molar-refractivity contribution in [3.8, 4) is 39.5 Å². The van der Waals surface area contributed by atoms with Gasteiger partial charge in [-0.1, -0.05) is 124 Å². The van der Waals surface area contributed by atoms with Gasteiger partial charge in [0.15, 0.2) is 0 Å². The fraction of sp³-hybridized carbons (Fsp3) is 0.192. The first-order valence-electron chi connectivity index (χ1n) is 20.6. The molecule has 0 fully saturated rings. The Balaban J connectivity index is 0.000000198. The van der Waals surface area contributed by atoms with Crippen LogP contribution in [0.3, 0.4) is 0 Å². The summed E-state index contributed by atoms with van der Waals surface area (Å²) in [5.41, 5.74) is 12.5. The van der Waals surface area contributed by atoms with E-state index in [-0.39, 0.29) is 20.1 Å². The third-order valence-electron chi connectivity index (χ3n) is 10.2. The smallest absolute Gasteiger partial charge is 0.120 e. The standard InChI is InChI=1S/C33H23N2O.C19H26NSi.Ir/c1-21-19-24(23-11-4-3-5-12-23)20-22(2)31(21)35-29-17-8-7-16-28(29)34-33(35)27-15-10-14-26-25-13-6-9-18-30(25)36-32(26)27;1-19(2,3)13-16-12-17(15-10-8-7-9-11-15)20-14-18(16)21(4,5)6;/h3-14,16-20H,1-2H3;7-10,12,14H,13H2,1-6H3;/q2*-1;/i;13D2;. The Morgan fingerprint density at radius 1 is 0.741 bits per heavy atom. The molecule has 0 saturated carbocycles. The summed E-state index contributed by atoms with van der Waals surface area (Å²) in [5, 5.41) is 3.27. The molecular formula is C52H49IrN3OSi-2. The Kier molecular flexibility index (Phi) is 10.8. The molecule has 0 amide bonds. The molecule has 9 aromatic rings. The zero-order chi connectivity index (χ0) is 41.7. The number of imidazole rings is 1. The molecule has 3 heterocycles. The van der Waals surface area contributed by atoms with Crippen LogP contribution in [-0.4, -0.2) is 22.6 Å². The van der Waals surface area contributed by atoms with Crippen LogP contribution >= 0.6 is 0 Å². The molecule has 9 rings (SSSR count). The summed E-state index contributed by atoms with van der Waals surface area (Å²) >= 11 is 0. The summed E-state index contributed by atoms with van der Waals surface area (Å²) in [7, 11) is -1.70. The zero-order valence-electron chi connectivity index (χ0n) is 36.4. The molecule has 6 aromatic carbocycles. The maximum atomic E-state index is 8.75. The van der Waals surface area contributed by atoms with Crippen molar-refractivity contribution in [3.05, 3.63) is 168 Å². The van der Waals surface area contributed by atoms with Gasteiger partial charge in [0, 0.05) is 40.1 Å². The largest absolute Gasteiger partial charge is 0.501 e. The van der Waals surface area contributed by atoms with Crippen LogP contribution in [-0.2, 0) is 26.5 Å². The third kappa shape index (κ3) is 8.28. The van der Waals surface area contributed by atoms with Crippen LogP contribution in [0, 0.1) is 31.4 Å². The van der Waals surface area contributed by atoms with Crippen molar-refractivity contribution in [1.82, 2.24) is 14.5 Å². The number of para-hydroxylation sites is 3. The summed E-state index contributed by atoms with van der Waals surface area (Å²) in [6.45, 7) is 16.9. The normalized spacial score (nSPS) is 12.5. The molecule has 1 radical (unpaired) electrons. The Morgan fingerprint density at radius 2 is 1.43 bits per heavy atom. The van der Waals surface area contributed by atoms with Gasteiger partial charge in [0.2, 0.25) is 0 Å². The fourth-order valence-corrected chi connectivity index (χ4v) is 9.04. The Bertz CT molecular complexity index is 2940. The topological polar surface area (TPSA) is 43.9 Å². The first-order chi connectivity index (χ1) is 28.1. The summed E-state index contributed by atoms with van der Waals surface area (Å²) in [4.78, 5) is 9.72. The van der Waals surface area contributed by atoms with E-state index < -0.39 is 19.9 Å². The number of pyridine rings is 1. The van der Waals surface area contributed by atoms with Gasteiger partial charge in [-0.05, 0) is 89.1 Å². The van der Waals surface area contributed by atoms with Gasteiger partial charge in [-0.3, -0.25) is 4.98 Å². The minimum atomic E-state index is -1.70. The predicted octanol–water partition coefficient (Wildman–Crippen LogP) is 13.4. The van der Waals surface area contributed by atoms with E-state index >= 15 is 0 Å². The van der Waals surface area contributed by atoms with Gasteiger partial charge >= 0.3 is 0 Å². The van der Waals surface area contributed by atoms with Crippen molar-refractivity contribution in [3.63, 3.8) is 0 Å². The third-order valence-corrected chi connectivity index (χ3v) is 12.2. The summed E-state index contributed by atoms with van der Waals surface area (Å²) in [5.74, 6) is 0.833. The quantitative estimate of drug-likeness (QED) is 0.123. The maximum absolute atomic E-state index is 8.75. The summed E-state index contributed by atoms with van der Waals surface area (Å²) in [6.07, 6.45) is 0.469. The number of benzene rings is 6. The first-order valence-corrected chi connectivity index (χ1v) is 23.1. The number of nitrogens with zero attached hydrogens (tertiary/aromatic N) is 3. The average molecular weight is 954 g/mol. The zero-order valence-corrected chi connectivity index (χ0v) is 37.8. The molecule has 0 aliphatic carbocycles. The molecule has 0 N–H and O–H groups in total. The second kappa shape index (κ2) is 16.5. The Hall–Kier alpha value is -5.39. The van der Waals surface area contributed by atoms with Gasteiger partial charge in [0.05, 0.1) is 30.5 Å². The second-order valence-corrected chi connectivity index (χ2v) is 21.8. The fourth-order valence-electron chi connectivity index (χ4n) is 7.64. The number of hydrogen-bond donors (Lipinski definition) is 0. The van der Waals surface area contributed by atoms with E-state index in [2.05, 4.69) is 128 Å². The molecule has 0 atom stereocenters. The van der Waals surface area contributed by atoms with E-state index in [0.29, 0.717) is 0 Å². The van der Waals surface area contributed by atoms with Crippen LogP contribution in [0.1, 0.15) is 40.2 Å². The minimum absolute atomic E-state index is 0. The molecule has 6 heteroatoms. The van der Waals surface area contributed by atoms with E-state index in [0.717, 1.165) is 72.1 Å². The molecule has 0 bridgehead atoms. The molecule has 0 spiro atoms. The Labute approximate surface area is 360 Å². The number of rotatable bonds is 6. The molecule has 3 aromatic heterocycles. The van der Waals surface area contributed by atoms with Crippen LogP contribution in [0.2, 0.25) is 19.6 Å². The molecule has 0 saturated heterocycles. The van der Waals surface area contributed by atoms with Gasteiger partial charge in [-0.2, -0.15) is 0 Å². The molecule has 4 nitrogen and oxygen atoms in total. The van der Waals surface area contributed by atoms with Crippen LogP contribution < -0.4 is 5.19 Å². The first kappa shape index (κ1) is 38.1. The number of hydrogen-bond acceptors (Lipinski definition) is 3. The van der Waals surface area contributed by atoms with Crippen molar-refractivity contribution in [1.29, 1.82) is 0 Å². The summed E-state index contributed by atoms with van der Waals surface area (Å²) in [6, 6.07) is 51.9. The van der Waals surface area contributed by atoms with Crippen molar-refractivity contribution in [2.75, 3.05) is 0 Å². The number of fused-ring (bicyclic) bond motifs is 4. The monoisotopic (exact) mass is 954 g/mol. The SMILES string of the molecule is Cc1cc(-c2ccccc2)cc(C)c1-n1c(-c2[c-]ccc3c2oc2ccccc23)nc2ccccc21.[2H]C([2H])(c1cc(-c2[c-]cccc2)ncc1[Si](C)(C)C)C(C)(C)C.[Ir]. The van der Waals surface area contributed by atoms with Gasteiger partial charge in [-0.25, -0.2) is 0 Å².